The van der Waals surface area contributed by atoms with E-state index in [1.807, 2.05) is 48.8 Å². The Morgan fingerprint density at radius 2 is 1.57 bits per heavy atom. The lowest BCUT2D eigenvalue weighted by Gasteiger charge is -2.32. The predicted molar refractivity (Wildman–Crippen MR) is 216 cm³/mol. The van der Waals surface area contributed by atoms with Crippen molar-refractivity contribution >= 4 is 23.5 Å². The van der Waals surface area contributed by atoms with E-state index in [2.05, 4.69) is 15.3 Å². The summed E-state index contributed by atoms with van der Waals surface area (Å²) < 4.78 is 6.07. The second-order valence-electron chi connectivity index (χ2n) is 15.3. The highest BCUT2D eigenvalue weighted by atomic mass is 16.5. The Hall–Kier alpha value is -5.90. The number of Topliss-reactive ketones (excluding diaryl/α,β-unsaturated/α-hetero) is 2. The molecule has 5 aromatic rings. The van der Waals surface area contributed by atoms with Gasteiger partial charge in [-0.2, -0.15) is 0 Å². The number of ether oxygens (including phenoxy) is 1. The van der Waals surface area contributed by atoms with Crippen molar-refractivity contribution in [3.8, 4) is 28.7 Å². The molecule has 2 heterocycles. The second-order valence-corrected chi connectivity index (χ2v) is 15.3. The molecule has 10 nitrogen and oxygen atoms in total. The number of carbonyl (C=O) groups is 2. The molecule has 0 radical (unpaired) electrons. The van der Waals surface area contributed by atoms with Gasteiger partial charge in [-0.05, 0) is 145 Å². The van der Waals surface area contributed by atoms with Gasteiger partial charge >= 0.3 is 0 Å². The van der Waals surface area contributed by atoms with Gasteiger partial charge in [0.15, 0.2) is 23.0 Å². The van der Waals surface area contributed by atoms with E-state index in [-0.39, 0.29) is 59.4 Å². The lowest BCUT2D eigenvalue weighted by Crippen LogP contribution is -2.31. The van der Waals surface area contributed by atoms with Gasteiger partial charge < -0.3 is 40.4 Å². The summed E-state index contributed by atoms with van der Waals surface area (Å²) in [4.78, 5) is 34.7. The molecule has 2 atom stereocenters. The molecule has 0 amide bonds. The molecule has 0 spiro atoms. The Balaban J connectivity index is 1.06. The number of benzene rings is 3. The van der Waals surface area contributed by atoms with Crippen LogP contribution in [-0.2, 0) is 28.9 Å². The number of carbonyl (C=O) groups excluding carboxylic acids is 2. The molecule has 0 saturated heterocycles. The van der Waals surface area contributed by atoms with E-state index in [4.69, 9.17) is 4.74 Å². The number of aromatic amines is 2. The first kappa shape index (κ1) is 38.4. The molecule has 0 bridgehead atoms. The molecule has 292 valence electrons. The summed E-state index contributed by atoms with van der Waals surface area (Å²) in [7, 11) is 0. The minimum absolute atomic E-state index is 0.0931. The first-order valence-corrected chi connectivity index (χ1v) is 19.8. The highest BCUT2D eigenvalue weighted by Crippen LogP contribution is 2.43. The maximum atomic E-state index is 14.5. The van der Waals surface area contributed by atoms with E-state index in [0.717, 1.165) is 96.3 Å². The van der Waals surface area contributed by atoms with E-state index in [0.29, 0.717) is 25.1 Å². The molecule has 2 aromatic heterocycles. The topological polar surface area (TPSA) is 168 Å². The van der Waals surface area contributed by atoms with Gasteiger partial charge in [-0.25, -0.2) is 0 Å². The smallest absolute Gasteiger partial charge is 0.161 e. The van der Waals surface area contributed by atoms with Crippen molar-refractivity contribution in [2.45, 2.75) is 89.1 Å². The summed E-state index contributed by atoms with van der Waals surface area (Å²) in [6.07, 6.45) is 14.3. The number of aromatic nitrogens is 2. The van der Waals surface area contributed by atoms with E-state index < -0.39 is 5.92 Å². The first-order valence-electron chi connectivity index (χ1n) is 19.8. The van der Waals surface area contributed by atoms with Crippen LogP contribution < -0.4 is 10.1 Å². The first-order chi connectivity index (χ1) is 27.2. The maximum absolute atomic E-state index is 14.5. The van der Waals surface area contributed by atoms with Crippen molar-refractivity contribution in [1.29, 1.82) is 0 Å². The van der Waals surface area contributed by atoms with Crippen LogP contribution in [0.15, 0.2) is 90.8 Å². The number of aryl methyl sites for hydroxylation is 2. The van der Waals surface area contributed by atoms with Crippen molar-refractivity contribution < 1.29 is 34.8 Å². The minimum atomic E-state index is -0.511. The molecule has 3 aromatic carbocycles. The zero-order valence-electron chi connectivity index (χ0n) is 31.6. The molecular formula is C46H51N3O7. The van der Waals surface area contributed by atoms with Gasteiger partial charge in [0, 0.05) is 43.4 Å². The van der Waals surface area contributed by atoms with Gasteiger partial charge in [0.05, 0.1) is 12.5 Å². The van der Waals surface area contributed by atoms with Gasteiger partial charge in [0.25, 0.3) is 0 Å². The van der Waals surface area contributed by atoms with E-state index in [1.165, 1.54) is 6.07 Å². The number of anilines is 1. The third-order valence-electron chi connectivity index (χ3n) is 11.3. The summed E-state index contributed by atoms with van der Waals surface area (Å²) in [5.41, 5.74) is 6.66. The largest absolute Gasteiger partial charge is 0.508 e. The number of hydrogen-bond acceptors (Lipinski definition) is 8. The van der Waals surface area contributed by atoms with E-state index >= 15 is 0 Å². The van der Waals surface area contributed by atoms with Crippen molar-refractivity contribution in [2.24, 2.45) is 5.92 Å². The quantitative estimate of drug-likeness (QED) is 0.0264. The lowest BCUT2D eigenvalue weighted by atomic mass is 9.71. The van der Waals surface area contributed by atoms with Crippen LogP contribution in [0.3, 0.4) is 0 Å². The van der Waals surface area contributed by atoms with Crippen LogP contribution in [0.4, 0.5) is 5.82 Å². The molecule has 1 fully saturated rings. The number of phenols is 4. The fraction of sp³-hybridized carbons (Fsp3) is 0.348. The zero-order valence-corrected chi connectivity index (χ0v) is 31.6. The minimum Gasteiger partial charge on any atom is -0.508 e. The average Bonchev–Trinajstić information content (AvgIpc) is 3.97. The Morgan fingerprint density at radius 3 is 2.39 bits per heavy atom. The fourth-order valence-electron chi connectivity index (χ4n) is 8.35. The van der Waals surface area contributed by atoms with Crippen molar-refractivity contribution in [1.82, 2.24) is 9.97 Å². The van der Waals surface area contributed by atoms with E-state index in [1.54, 1.807) is 36.4 Å². The predicted octanol–water partition coefficient (Wildman–Crippen LogP) is 8.86. The van der Waals surface area contributed by atoms with Crippen LogP contribution in [0, 0.1) is 5.92 Å². The number of fused-ring (bicyclic) bond motifs is 1. The number of nitrogens with one attached hydrogen (secondary N) is 3. The summed E-state index contributed by atoms with van der Waals surface area (Å²) in [6.45, 7) is 0.370. The SMILES string of the molecule is O=C(CCc1ccc(O)c(OC2CCCC2)c1)CC(=O)C1C(CNc2[nH]ccc2Cc2ccc(O)c(O)c2)=Cc2[nH]ccc2C1CCCCc1cccc(O)c1. The van der Waals surface area contributed by atoms with Crippen molar-refractivity contribution in [3.05, 3.63) is 124 Å². The number of ketones is 2. The Labute approximate surface area is 327 Å². The third kappa shape index (κ3) is 9.48. The standard InChI is InChI=1S/C46H51N3O7/c50-34-8-5-7-29(23-34)6-1-4-11-38-37-19-21-47-39(37)26-33(28-49-46-32(18-20-48-46)22-31-14-16-40(52)42(54)24-31)45(38)43(55)27-35(51)15-12-30-13-17-41(53)44(25-30)56-36-9-2-3-10-36/h5,7-8,13-14,16-21,23-26,36,38,45,47-50,52-54H,1-4,6,9-12,15,22,27-28H2. The van der Waals surface area contributed by atoms with Crippen LogP contribution >= 0.6 is 0 Å². The van der Waals surface area contributed by atoms with Crippen LogP contribution in [0.5, 0.6) is 28.7 Å². The van der Waals surface area contributed by atoms with Gasteiger partial charge in [-0.15, -0.1) is 0 Å². The third-order valence-corrected chi connectivity index (χ3v) is 11.3. The molecule has 10 heteroatoms. The van der Waals surface area contributed by atoms with Crippen LogP contribution in [0.25, 0.3) is 6.08 Å². The number of phenolic OH excluding ortho intramolecular Hbond substituents is 4. The highest BCUT2D eigenvalue weighted by molar-refractivity contribution is 6.02. The number of rotatable bonds is 18. The Morgan fingerprint density at radius 1 is 0.786 bits per heavy atom. The molecule has 56 heavy (non-hydrogen) atoms. The molecule has 2 aliphatic carbocycles. The Bertz CT molecular complexity index is 2180. The number of unbranched alkanes of at least 4 members (excludes halogenated alkanes) is 1. The van der Waals surface area contributed by atoms with Gasteiger partial charge in [-0.1, -0.05) is 30.7 Å². The number of aromatic hydroxyl groups is 4. The average molecular weight is 758 g/mol. The number of hydrogen-bond donors (Lipinski definition) is 7. The molecule has 7 N–H and O–H groups in total. The summed E-state index contributed by atoms with van der Waals surface area (Å²) in [6, 6.07) is 21.3. The summed E-state index contributed by atoms with van der Waals surface area (Å²) in [5.74, 6) is 0.363. The summed E-state index contributed by atoms with van der Waals surface area (Å²) >= 11 is 0. The lowest BCUT2D eigenvalue weighted by molar-refractivity contribution is -0.129. The molecule has 2 unspecified atom stereocenters. The molecule has 2 aliphatic rings. The zero-order chi connectivity index (χ0) is 39.0. The van der Waals surface area contributed by atoms with E-state index in [9.17, 15) is 30.0 Å². The second kappa shape index (κ2) is 17.7. The maximum Gasteiger partial charge on any atom is 0.161 e. The van der Waals surface area contributed by atoms with Crippen LogP contribution in [0.1, 0.15) is 97.2 Å². The Kier molecular flexibility index (Phi) is 12.1. The molecular weight excluding hydrogens is 707 g/mol. The van der Waals surface area contributed by atoms with Gasteiger partial charge in [0.2, 0.25) is 0 Å². The molecule has 0 aliphatic heterocycles. The van der Waals surface area contributed by atoms with Crippen molar-refractivity contribution in [3.63, 3.8) is 0 Å². The fourth-order valence-corrected chi connectivity index (χ4v) is 8.35. The van der Waals surface area contributed by atoms with Crippen LogP contribution in [0.2, 0.25) is 0 Å². The normalized spacial score (nSPS) is 16.7. The molecule has 7 rings (SSSR count). The van der Waals surface area contributed by atoms with Gasteiger partial charge in [0.1, 0.15) is 23.1 Å². The van der Waals surface area contributed by atoms with Crippen LogP contribution in [-0.4, -0.2) is 54.6 Å². The highest BCUT2D eigenvalue weighted by Gasteiger charge is 2.37. The monoisotopic (exact) mass is 757 g/mol. The molecule has 1 saturated carbocycles. The van der Waals surface area contributed by atoms with Gasteiger partial charge in [-0.3, -0.25) is 9.59 Å². The number of H-pyrrole nitrogens is 2. The van der Waals surface area contributed by atoms with Crippen molar-refractivity contribution in [2.75, 3.05) is 11.9 Å². The summed E-state index contributed by atoms with van der Waals surface area (Å²) in [5, 5.41) is 43.7.